The summed E-state index contributed by atoms with van der Waals surface area (Å²) in [5.74, 6) is 0.421. The minimum absolute atomic E-state index is 0.0609. The van der Waals surface area contributed by atoms with Gasteiger partial charge in [-0.05, 0) is 36.5 Å². The van der Waals surface area contributed by atoms with Gasteiger partial charge in [0.15, 0.2) is 0 Å². The first-order valence-corrected chi connectivity index (χ1v) is 6.96. The minimum Gasteiger partial charge on any atom is -0.398 e. The molecule has 1 aliphatic rings. The molecule has 2 rings (SSSR count). The largest absolute Gasteiger partial charge is 0.416 e. The van der Waals surface area contributed by atoms with Gasteiger partial charge in [-0.1, -0.05) is 13.8 Å². The number of likely N-dealkylation sites (tertiary alicyclic amines) is 1. The predicted octanol–water partition coefficient (Wildman–Crippen LogP) is 3.41. The number of benzene rings is 1. The molecule has 1 heterocycles. The average Bonchev–Trinajstić information content (AvgIpc) is 2.86. The van der Waals surface area contributed by atoms with Gasteiger partial charge in [-0.2, -0.15) is 13.2 Å². The number of hydrogen-bond acceptors (Lipinski definition) is 2. The van der Waals surface area contributed by atoms with Gasteiger partial charge in [0.05, 0.1) is 11.1 Å². The Morgan fingerprint density at radius 1 is 1.38 bits per heavy atom. The third kappa shape index (κ3) is 3.31. The second kappa shape index (κ2) is 5.58. The van der Waals surface area contributed by atoms with Gasteiger partial charge in [-0.25, -0.2) is 0 Å². The highest BCUT2D eigenvalue weighted by atomic mass is 19.4. The number of nitrogens with zero attached hydrogens (tertiary/aromatic N) is 1. The van der Waals surface area contributed by atoms with Gasteiger partial charge in [0, 0.05) is 18.8 Å². The van der Waals surface area contributed by atoms with Gasteiger partial charge in [0.2, 0.25) is 0 Å². The third-order valence-electron chi connectivity index (χ3n) is 4.07. The number of halogens is 3. The van der Waals surface area contributed by atoms with Gasteiger partial charge >= 0.3 is 6.18 Å². The van der Waals surface area contributed by atoms with Crippen LogP contribution in [0.25, 0.3) is 0 Å². The first-order chi connectivity index (χ1) is 9.70. The van der Waals surface area contributed by atoms with E-state index in [4.69, 9.17) is 5.73 Å². The van der Waals surface area contributed by atoms with Gasteiger partial charge in [0.25, 0.3) is 5.91 Å². The number of anilines is 1. The summed E-state index contributed by atoms with van der Waals surface area (Å²) in [7, 11) is 0. The summed E-state index contributed by atoms with van der Waals surface area (Å²) in [5, 5.41) is 0. The molecule has 3 nitrogen and oxygen atoms in total. The molecule has 0 spiro atoms. The summed E-state index contributed by atoms with van der Waals surface area (Å²) in [6, 6.07) is 2.89. The molecule has 0 bridgehead atoms. The Hall–Kier alpha value is -1.72. The molecule has 1 aromatic rings. The van der Waals surface area contributed by atoms with Crippen molar-refractivity contribution in [2.75, 3.05) is 18.8 Å². The Kier molecular flexibility index (Phi) is 4.16. The summed E-state index contributed by atoms with van der Waals surface area (Å²) in [4.78, 5) is 14.0. The quantitative estimate of drug-likeness (QED) is 0.851. The second-order valence-electron chi connectivity index (χ2n) is 5.84. The van der Waals surface area contributed by atoms with Crippen LogP contribution in [0.4, 0.5) is 18.9 Å². The summed E-state index contributed by atoms with van der Waals surface area (Å²) in [5.41, 5.74) is 4.86. The molecule has 0 aromatic heterocycles. The van der Waals surface area contributed by atoms with Crippen LogP contribution in [0.5, 0.6) is 0 Å². The number of nitrogen functional groups attached to an aromatic ring is 1. The van der Waals surface area contributed by atoms with Crippen molar-refractivity contribution in [1.29, 1.82) is 0 Å². The molecule has 1 aromatic carbocycles. The molecule has 1 fully saturated rings. The van der Waals surface area contributed by atoms with Crippen molar-refractivity contribution in [1.82, 2.24) is 4.90 Å². The Balaban J connectivity index is 2.24. The first kappa shape index (κ1) is 15.7. The van der Waals surface area contributed by atoms with Crippen molar-refractivity contribution in [2.45, 2.75) is 26.4 Å². The van der Waals surface area contributed by atoms with Crippen LogP contribution in [0.15, 0.2) is 18.2 Å². The number of amides is 1. The van der Waals surface area contributed by atoms with Crippen LogP contribution in [0.3, 0.4) is 0 Å². The zero-order valence-electron chi connectivity index (χ0n) is 12.1. The number of nitrogens with two attached hydrogens (primary N) is 1. The highest BCUT2D eigenvalue weighted by molar-refractivity contribution is 5.99. The van der Waals surface area contributed by atoms with Crippen LogP contribution in [0, 0.1) is 11.8 Å². The number of hydrogen-bond donors (Lipinski definition) is 1. The fourth-order valence-corrected chi connectivity index (χ4v) is 2.60. The van der Waals surface area contributed by atoms with Crippen molar-refractivity contribution in [3.8, 4) is 0 Å². The maximum Gasteiger partial charge on any atom is 0.416 e. The molecule has 1 unspecified atom stereocenters. The molecular formula is C15H19F3N2O. The van der Waals surface area contributed by atoms with Gasteiger partial charge in [-0.3, -0.25) is 4.79 Å². The smallest absolute Gasteiger partial charge is 0.398 e. The van der Waals surface area contributed by atoms with Gasteiger partial charge < -0.3 is 10.6 Å². The molecule has 1 atom stereocenters. The maximum absolute atomic E-state index is 12.7. The molecule has 0 aliphatic carbocycles. The highest BCUT2D eigenvalue weighted by Gasteiger charge is 2.33. The average molecular weight is 300 g/mol. The molecule has 0 saturated carbocycles. The van der Waals surface area contributed by atoms with E-state index in [-0.39, 0.29) is 11.3 Å². The predicted molar refractivity (Wildman–Crippen MR) is 74.7 cm³/mol. The SMILES string of the molecule is CC(C)C1CCN(C(=O)c2cc(C(F)(F)F)ccc2N)C1. The van der Waals surface area contributed by atoms with Crippen LogP contribution in [0.2, 0.25) is 0 Å². The Morgan fingerprint density at radius 2 is 2.05 bits per heavy atom. The van der Waals surface area contributed by atoms with E-state index in [2.05, 4.69) is 13.8 Å². The van der Waals surface area contributed by atoms with Gasteiger partial charge in [-0.15, -0.1) is 0 Å². The molecule has 1 amide bonds. The Morgan fingerprint density at radius 3 is 2.57 bits per heavy atom. The van der Waals surface area contributed by atoms with Crippen LogP contribution in [-0.4, -0.2) is 23.9 Å². The van der Waals surface area contributed by atoms with Crippen LogP contribution >= 0.6 is 0 Å². The lowest BCUT2D eigenvalue weighted by Gasteiger charge is -2.19. The highest BCUT2D eigenvalue weighted by Crippen LogP contribution is 2.32. The third-order valence-corrected chi connectivity index (χ3v) is 4.07. The minimum atomic E-state index is -4.48. The first-order valence-electron chi connectivity index (χ1n) is 6.96. The van der Waals surface area contributed by atoms with E-state index in [9.17, 15) is 18.0 Å². The van der Waals surface area contributed by atoms with E-state index < -0.39 is 17.6 Å². The molecule has 0 radical (unpaired) electrons. The Labute approximate surface area is 121 Å². The zero-order chi connectivity index (χ0) is 15.8. The fourth-order valence-electron chi connectivity index (χ4n) is 2.60. The molecule has 1 aliphatic heterocycles. The van der Waals surface area contributed by atoms with E-state index >= 15 is 0 Å². The van der Waals surface area contributed by atoms with Crippen molar-refractivity contribution in [3.05, 3.63) is 29.3 Å². The lowest BCUT2D eigenvalue weighted by Crippen LogP contribution is -2.30. The summed E-state index contributed by atoms with van der Waals surface area (Å²) in [6.45, 7) is 5.30. The monoisotopic (exact) mass is 300 g/mol. The molecular weight excluding hydrogens is 281 g/mol. The molecule has 6 heteroatoms. The summed E-state index contributed by atoms with van der Waals surface area (Å²) in [6.07, 6.45) is -3.60. The standard InChI is InChI=1S/C15H19F3N2O/c1-9(2)10-5-6-20(8-10)14(21)12-7-11(15(16,17)18)3-4-13(12)19/h3-4,7,9-10H,5-6,8,19H2,1-2H3. The number of rotatable bonds is 2. The van der Waals surface area contributed by atoms with E-state index in [1.54, 1.807) is 4.90 Å². The number of alkyl halides is 3. The molecule has 116 valence electrons. The van der Waals surface area contributed by atoms with Crippen molar-refractivity contribution >= 4 is 11.6 Å². The van der Waals surface area contributed by atoms with E-state index in [1.807, 2.05) is 0 Å². The van der Waals surface area contributed by atoms with E-state index in [0.29, 0.717) is 24.9 Å². The van der Waals surface area contributed by atoms with Crippen molar-refractivity contribution < 1.29 is 18.0 Å². The van der Waals surface area contributed by atoms with Crippen LogP contribution in [-0.2, 0) is 6.18 Å². The summed E-state index contributed by atoms with van der Waals surface area (Å²) < 4.78 is 38.2. The molecule has 21 heavy (non-hydrogen) atoms. The van der Waals surface area contributed by atoms with Crippen molar-refractivity contribution in [2.24, 2.45) is 11.8 Å². The topological polar surface area (TPSA) is 46.3 Å². The number of carbonyl (C=O) groups excluding carboxylic acids is 1. The molecule has 2 N–H and O–H groups in total. The van der Waals surface area contributed by atoms with Crippen LogP contribution in [0.1, 0.15) is 36.2 Å². The lowest BCUT2D eigenvalue weighted by atomic mass is 9.95. The normalized spacial score (nSPS) is 19.3. The maximum atomic E-state index is 12.7. The van der Waals surface area contributed by atoms with Crippen LogP contribution < -0.4 is 5.73 Å². The van der Waals surface area contributed by atoms with Gasteiger partial charge in [0.1, 0.15) is 0 Å². The number of carbonyl (C=O) groups is 1. The van der Waals surface area contributed by atoms with Crippen molar-refractivity contribution in [3.63, 3.8) is 0 Å². The zero-order valence-corrected chi connectivity index (χ0v) is 12.1. The van der Waals surface area contributed by atoms with E-state index in [1.165, 1.54) is 0 Å². The second-order valence-corrected chi connectivity index (χ2v) is 5.84. The molecule has 1 saturated heterocycles. The van der Waals surface area contributed by atoms with E-state index in [0.717, 1.165) is 24.6 Å². The fraction of sp³-hybridized carbons (Fsp3) is 0.533. The lowest BCUT2D eigenvalue weighted by molar-refractivity contribution is -0.137. The summed E-state index contributed by atoms with van der Waals surface area (Å²) >= 11 is 0. The Bertz CT molecular complexity index is 540.